The van der Waals surface area contributed by atoms with Gasteiger partial charge in [-0.1, -0.05) is 6.07 Å². The summed E-state index contributed by atoms with van der Waals surface area (Å²) in [6, 6.07) is 3.44. The molecule has 0 bridgehead atoms. The topological polar surface area (TPSA) is 50.4 Å². The molecule has 100 valence electrons. The van der Waals surface area contributed by atoms with E-state index >= 15 is 0 Å². The number of aliphatic imine (C=N–C) groups is 1. The molecular formula is C12H16F3N3. The van der Waals surface area contributed by atoms with Crippen molar-refractivity contribution in [1.82, 2.24) is 0 Å². The van der Waals surface area contributed by atoms with Crippen LogP contribution in [0.4, 0.5) is 18.9 Å². The van der Waals surface area contributed by atoms with Crippen molar-refractivity contribution in [2.24, 2.45) is 10.7 Å². The number of alkyl halides is 3. The number of nitrogens with zero attached hydrogens (tertiary/aromatic N) is 1. The summed E-state index contributed by atoms with van der Waals surface area (Å²) in [4.78, 5) is 4.01. The summed E-state index contributed by atoms with van der Waals surface area (Å²) in [6.07, 6.45) is -4.37. The Labute approximate surface area is 104 Å². The fourth-order valence-corrected chi connectivity index (χ4v) is 1.38. The lowest BCUT2D eigenvalue weighted by molar-refractivity contribution is -0.137. The van der Waals surface area contributed by atoms with E-state index in [1.165, 1.54) is 6.07 Å². The molecule has 1 rings (SSSR count). The highest BCUT2D eigenvalue weighted by molar-refractivity contribution is 5.93. The first-order valence-electron chi connectivity index (χ1n) is 5.48. The maximum absolute atomic E-state index is 12.6. The molecule has 1 aromatic rings. The predicted molar refractivity (Wildman–Crippen MR) is 66.6 cm³/mol. The molecule has 1 aromatic carbocycles. The number of hydrogen-bond donors (Lipinski definition) is 2. The first-order valence-corrected chi connectivity index (χ1v) is 5.48. The Hall–Kier alpha value is -1.72. The quantitative estimate of drug-likeness (QED) is 0.633. The highest BCUT2D eigenvalue weighted by Gasteiger charge is 2.30. The smallest absolute Gasteiger partial charge is 0.370 e. The summed E-state index contributed by atoms with van der Waals surface area (Å²) in [5.41, 5.74) is 5.86. The zero-order chi connectivity index (χ0) is 13.9. The number of nitrogens with one attached hydrogen (secondary N) is 1. The summed E-state index contributed by atoms with van der Waals surface area (Å²) in [6.45, 7) is 5.35. The molecule has 18 heavy (non-hydrogen) atoms. The maximum Gasteiger partial charge on any atom is 0.416 e. The van der Waals surface area contributed by atoms with Crippen LogP contribution in [-0.2, 0) is 6.18 Å². The third-order valence-electron chi connectivity index (χ3n) is 2.22. The minimum atomic E-state index is -4.37. The predicted octanol–water partition coefficient (Wildman–Crippen LogP) is 3.15. The molecule has 3 nitrogen and oxygen atoms in total. The van der Waals surface area contributed by atoms with E-state index in [0.29, 0.717) is 11.3 Å². The van der Waals surface area contributed by atoms with Crippen LogP contribution in [0.5, 0.6) is 0 Å². The fraction of sp³-hybridized carbons (Fsp3) is 0.417. The zero-order valence-electron chi connectivity index (χ0n) is 10.5. The van der Waals surface area contributed by atoms with Crippen molar-refractivity contribution in [3.05, 3.63) is 29.3 Å². The van der Waals surface area contributed by atoms with Crippen LogP contribution < -0.4 is 11.1 Å². The van der Waals surface area contributed by atoms with Gasteiger partial charge in [0.15, 0.2) is 5.96 Å². The number of anilines is 1. The van der Waals surface area contributed by atoms with E-state index in [4.69, 9.17) is 5.73 Å². The third kappa shape index (κ3) is 3.94. The SMILES string of the molecule is Cc1ccc(C(F)(F)F)cc1NC(N)=NC(C)C. The van der Waals surface area contributed by atoms with Crippen molar-refractivity contribution in [2.75, 3.05) is 5.32 Å². The van der Waals surface area contributed by atoms with E-state index < -0.39 is 11.7 Å². The second-order valence-corrected chi connectivity index (χ2v) is 4.26. The highest BCUT2D eigenvalue weighted by atomic mass is 19.4. The highest BCUT2D eigenvalue weighted by Crippen LogP contribution is 2.31. The van der Waals surface area contributed by atoms with Gasteiger partial charge in [0.2, 0.25) is 0 Å². The van der Waals surface area contributed by atoms with Gasteiger partial charge in [0.25, 0.3) is 0 Å². The molecule has 0 saturated heterocycles. The van der Waals surface area contributed by atoms with Crippen LogP contribution in [0.2, 0.25) is 0 Å². The molecule has 6 heteroatoms. The van der Waals surface area contributed by atoms with E-state index in [1.807, 2.05) is 13.8 Å². The lowest BCUT2D eigenvalue weighted by Gasteiger charge is -2.13. The summed E-state index contributed by atoms with van der Waals surface area (Å²) in [7, 11) is 0. The van der Waals surface area contributed by atoms with Crippen molar-refractivity contribution >= 4 is 11.6 Å². The van der Waals surface area contributed by atoms with Crippen LogP contribution in [0.3, 0.4) is 0 Å². The number of nitrogens with two attached hydrogens (primary N) is 1. The van der Waals surface area contributed by atoms with Crippen molar-refractivity contribution in [1.29, 1.82) is 0 Å². The van der Waals surface area contributed by atoms with Crippen molar-refractivity contribution in [3.63, 3.8) is 0 Å². The van der Waals surface area contributed by atoms with Crippen molar-refractivity contribution in [3.8, 4) is 0 Å². The summed E-state index contributed by atoms with van der Waals surface area (Å²) in [5.74, 6) is 0.104. The molecule has 0 heterocycles. The molecule has 0 amide bonds. The van der Waals surface area contributed by atoms with Crippen molar-refractivity contribution in [2.45, 2.75) is 33.0 Å². The lowest BCUT2D eigenvalue weighted by atomic mass is 10.1. The number of benzene rings is 1. The number of guanidine groups is 1. The zero-order valence-corrected chi connectivity index (χ0v) is 10.5. The molecule has 0 aliphatic rings. The Kier molecular flexibility index (Phi) is 4.21. The largest absolute Gasteiger partial charge is 0.416 e. The molecule has 0 atom stereocenters. The molecule has 0 saturated carbocycles. The van der Waals surface area contributed by atoms with Crippen LogP contribution in [-0.4, -0.2) is 12.0 Å². The van der Waals surface area contributed by atoms with Gasteiger partial charge in [0.1, 0.15) is 0 Å². The van der Waals surface area contributed by atoms with E-state index in [0.717, 1.165) is 12.1 Å². The van der Waals surface area contributed by atoms with Gasteiger partial charge in [0.05, 0.1) is 5.56 Å². The Morgan fingerprint density at radius 1 is 1.33 bits per heavy atom. The third-order valence-corrected chi connectivity index (χ3v) is 2.22. The van der Waals surface area contributed by atoms with Gasteiger partial charge in [-0.2, -0.15) is 13.2 Å². The number of hydrogen-bond acceptors (Lipinski definition) is 1. The minimum Gasteiger partial charge on any atom is -0.370 e. The number of aryl methyl sites for hydroxylation is 1. The Morgan fingerprint density at radius 2 is 1.94 bits per heavy atom. The summed E-state index contributed by atoms with van der Waals surface area (Å²) in [5, 5.41) is 2.68. The molecule has 0 spiro atoms. The van der Waals surface area contributed by atoms with E-state index in [9.17, 15) is 13.2 Å². The van der Waals surface area contributed by atoms with Gasteiger partial charge < -0.3 is 11.1 Å². The molecular weight excluding hydrogens is 243 g/mol. The van der Waals surface area contributed by atoms with E-state index in [1.54, 1.807) is 6.92 Å². The van der Waals surface area contributed by atoms with E-state index in [-0.39, 0.29) is 12.0 Å². The number of halogens is 3. The molecule has 0 fully saturated rings. The normalized spacial score (nSPS) is 12.9. The summed E-state index contributed by atoms with van der Waals surface area (Å²) >= 11 is 0. The van der Waals surface area contributed by atoms with Crippen molar-refractivity contribution < 1.29 is 13.2 Å². The Morgan fingerprint density at radius 3 is 2.44 bits per heavy atom. The van der Waals surface area contributed by atoms with Crippen LogP contribution in [0.1, 0.15) is 25.0 Å². The second-order valence-electron chi connectivity index (χ2n) is 4.26. The Balaban J connectivity index is 3.02. The second kappa shape index (κ2) is 5.29. The van der Waals surface area contributed by atoms with Gasteiger partial charge in [0, 0.05) is 11.7 Å². The summed E-state index contributed by atoms with van der Waals surface area (Å²) < 4.78 is 37.7. The average Bonchev–Trinajstić information content (AvgIpc) is 2.18. The Bertz CT molecular complexity index is 450. The average molecular weight is 259 g/mol. The van der Waals surface area contributed by atoms with Gasteiger partial charge in [-0.05, 0) is 38.5 Å². The minimum absolute atomic E-state index is 0.0244. The maximum atomic E-state index is 12.6. The van der Waals surface area contributed by atoms with Gasteiger partial charge in [-0.15, -0.1) is 0 Å². The van der Waals surface area contributed by atoms with Crippen LogP contribution in [0.25, 0.3) is 0 Å². The fourth-order valence-electron chi connectivity index (χ4n) is 1.38. The standard InChI is InChI=1S/C12H16F3N3/c1-7(2)17-11(16)18-10-6-9(12(13,14)15)5-4-8(10)3/h4-7H,1-3H3,(H3,16,17,18). The van der Waals surface area contributed by atoms with Crippen LogP contribution >= 0.6 is 0 Å². The van der Waals surface area contributed by atoms with E-state index in [2.05, 4.69) is 10.3 Å². The molecule has 0 aromatic heterocycles. The molecule has 0 aliphatic carbocycles. The molecule has 3 N–H and O–H groups in total. The van der Waals surface area contributed by atoms with Gasteiger partial charge in [-0.3, -0.25) is 4.99 Å². The van der Waals surface area contributed by atoms with Crippen LogP contribution in [0.15, 0.2) is 23.2 Å². The lowest BCUT2D eigenvalue weighted by Crippen LogP contribution is -2.24. The van der Waals surface area contributed by atoms with Gasteiger partial charge in [-0.25, -0.2) is 0 Å². The molecule has 0 radical (unpaired) electrons. The van der Waals surface area contributed by atoms with Crippen LogP contribution in [0, 0.1) is 6.92 Å². The number of rotatable bonds is 2. The first kappa shape index (κ1) is 14.3. The van der Waals surface area contributed by atoms with Gasteiger partial charge >= 0.3 is 6.18 Å². The first-order chi connectivity index (χ1) is 8.20. The molecule has 0 unspecified atom stereocenters. The monoisotopic (exact) mass is 259 g/mol. The molecule has 0 aliphatic heterocycles.